The predicted molar refractivity (Wildman–Crippen MR) is 96.4 cm³/mol. The molecule has 1 aromatic carbocycles. The van der Waals surface area contributed by atoms with Crippen molar-refractivity contribution in [1.29, 1.82) is 0 Å². The Hall–Kier alpha value is -1.00. The minimum atomic E-state index is -2.79. The van der Waals surface area contributed by atoms with E-state index in [0.717, 1.165) is 51.4 Å². The summed E-state index contributed by atoms with van der Waals surface area (Å²) in [6, 6.07) is 7.49. The number of benzene rings is 1. The van der Waals surface area contributed by atoms with Gasteiger partial charge in [-0.05, 0) is 49.9 Å². The van der Waals surface area contributed by atoms with E-state index in [2.05, 4.69) is 31.0 Å². The van der Waals surface area contributed by atoms with Crippen LogP contribution in [0.1, 0.15) is 58.1 Å². The molecule has 0 aromatic heterocycles. The molecule has 0 radical (unpaired) electrons. The molecular weight excluding hydrogens is 306 g/mol. The van der Waals surface area contributed by atoms with Crippen LogP contribution in [0.3, 0.4) is 0 Å². The van der Waals surface area contributed by atoms with Gasteiger partial charge in [0.15, 0.2) is 0 Å². The van der Waals surface area contributed by atoms with Crippen LogP contribution in [0.4, 0.5) is 8.78 Å². The molecule has 2 rings (SSSR count). The maximum Gasteiger partial charge on any atom is 0.270 e. The molecule has 1 aliphatic heterocycles. The van der Waals surface area contributed by atoms with Crippen molar-refractivity contribution < 1.29 is 8.78 Å². The lowest BCUT2D eigenvalue weighted by atomic mass is 9.91. The second-order valence-corrected chi connectivity index (χ2v) is 8.31. The Bertz CT molecular complexity index is 511. The molecule has 0 aliphatic carbocycles. The topological polar surface area (TPSA) is 15.3 Å². The minimum absolute atomic E-state index is 0.166. The third-order valence-corrected chi connectivity index (χ3v) is 4.84. The Morgan fingerprint density at radius 3 is 2.29 bits per heavy atom. The first-order valence-corrected chi connectivity index (χ1v) is 9.08. The molecule has 0 spiro atoms. The smallest absolute Gasteiger partial charge is 0.270 e. The first kappa shape index (κ1) is 19.3. The van der Waals surface area contributed by atoms with Gasteiger partial charge in [0.2, 0.25) is 0 Å². The molecule has 136 valence electrons. The Kier molecular flexibility index (Phi) is 6.38. The Labute approximate surface area is 145 Å². The van der Waals surface area contributed by atoms with Gasteiger partial charge in [-0.25, -0.2) is 8.78 Å². The molecule has 0 atom stereocenters. The average molecular weight is 338 g/mol. The molecule has 0 unspecified atom stereocenters. The highest BCUT2D eigenvalue weighted by Crippen LogP contribution is 2.31. The fourth-order valence-electron chi connectivity index (χ4n) is 3.35. The van der Waals surface area contributed by atoms with Crippen molar-refractivity contribution in [2.75, 3.05) is 19.6 Å². The number of hydrogen-bond donors (Lipinski definition) is 1. The van der Waals surface area contributed by atoms with Crippen molar-refractivity contribution in [3.63, 3.8) is 0 Å². The molecule has 1 saturated heterocycles. The Morgan fingerprint density at radius 1 is 1.08 bits per heavy atom. The van der Waals surface area contributed by atoms with Crippen LogP contribution in [0.25, 0.3) is 0 Å². The van der Waals surface area contributed by atoms with Gasteiger partial charge >= 0.3 is 0 Å². The third-order valence-electron chi connectivity index (χ3n) is 4.84. The summed E-state index contributed by atoms with van der Waals surface area (Å²) >= 11 is 0. The van der Waals surface area contributed by atoms with Crippen LogP contribution in [0.2, 0.25) is 0 Å². The lowest BCUT2D eigenvalue weighted by Gasteiger charge is -2.37. The van der Waals surface area contributed by atoms with Gasteiger partial charge in [-0.3, -0.25) is 4.90 Å². The van der Waals surface area contributed by atoms with Crippen LogP contribution in [0.5, 0.6) is 0 Å². The summed E-state index contributed by atoms with van der Waals surface area (Å²) in [5, 5.41) is 3.39. The number of hydrogen-bond acceptors (Lipinski definition) is 2. The van der Waals surface area contributed by atoms with Gasteiger partial charge in [0, 0.05) is 25.1 Å². The molecule has 0 bridgehead atoms. The van der Waals surface area contributed by atoms with Crippen LogP contribution in [0.15, 0.2) is 24.3 Å². The zero-order valence-corrected chi connectivity index (χ0v) is 15.5. The Balaban J connectivity index is 2.18. The van der Waals surface area contributed by atoms with Crippen LogP contribution in [0, 0.1) is 5.41 Å². The zero-order chi connectivity index (χ0) is 17.8. The monoisotopic (exact) mass is 338 g/mol. The van der Waals surface area contributed by atoms with Crippen molar-refractivity contribution >= 4 is 0 Å². The number of nitrogens with zero attached hydrogens (tertiary/aromatic N) is 1. The maximum atomic E-state index is 14.0. The van der Waals surface area contributed by atoms with Gasteiger partial charge in [-0.15, -0.1) is 0 Å². The minimum Gasteiger partial charge on any atom is -0.317 e. The molecule has 4 heteroatoms. The predicted octanol–water partition coefficient (Wildman–Crippen LogP) is 4.79. The van der Waals surface area contributed by atoms with Gasteiger partial charge in [0.25, 0.3) is 5.92 Å². The van der Waals surface area contributed by atoms with Crippen LogP contribution >= 0.6 is 0 Å². The molecule has 24 heavy (non-hydrogen) atoms. The van der Waals surface area contributed by atoms with Gasteiger partial charge in [0.1, 0.15) is 0 Å². The highest BCUT2D eigenvalue weighted by molar-refractivity contribution is 5.30. The summed E-state index contributed by atoms with van der Waals surface area (Å²) in [4.78, 5) is 2.43. The van der Waals surface area contributed by atoms with E-state index in [-0.39, 0.29) is 11.0 Å². The summed E-state index contributed by atoms with van der Waals surface area (Å²) in [6.07, 6.45) is 3.26. The van der Waals surface area contributed by atoms with Gasteiger partial charge in [-0.2, -0.15) is 0 Å². The molecule has 0 saturated carbocycles. The molecular formula is C20H32F2N2. The van der Waals surface area contributed by atoms with E-state index in [0.29, 0.717) is 12.6 Å². The number of nitrogens with one attached hydrogen (secondary N) is 1. The molecule has 1 fully saturated rings. The highest BCUT2D eigenvalue weighted by atomic mass is 19.3. The molecule has 1 N–H and O–H groups in total. The van der Waals surface area contributed by atoms with Crippen molar-refractivity contribution in [3.8, 4) is 0 Å². The normalized spacial score (nSPS) is 17.5. The number of halogens is 2. The van der Waals surface area contributed by atoms with E-state index in [1.54, 1.807) is 12.1 Å². The largest absolute Gasteiger partial charge is 0.317 e. The maximum absolute atomic E-state index is 14.0. The standard InChI is InChI=1S/C20H32F2N2/c1-19(2,3)11-14-24(17-9-12-23-13-10-17)15-16-7-5-6-8-18(16)20(4,21)22/h5-8,17,23H,9-15H2,1-4H3. The summed E-state index contributed by atoms with van der Waals surface area (Å²) in [5.41, 5.74) is 1.18. The fraction of sp³-hybridized carbons (Fsp3) is 0.700. The fourth-order valence-corrected chi connectivity index (χ4v) is 3.35. The Morgan fingerprint density at radius 2 is 1.71 bits per heavy atom. The lowest BCUT2D eigenvalue weighted by Crippen LogP contribution is -2.44. The van der Waals surface area contributed by atoms with Crippen molar-refractivity contribution in [2.24, 2.45) is 5.41 Å². The van der Waals surface area contributed by atoms with Gasteiger partial charge in [0.05, 0.1) is 0 Å². The molecule has 2 nitrogen and oxygen atoms in total. The van der Waals surface area contributed by atoms with E-state index in [1.807, 2.05) is 12.1 Å². The quantitative estimate of drug-likeness (QED) is 0.802. The SMILES string of the molecule is CC(C)(C)CCN(Cc1ccccc1C(C)(F)F)C1CCNCC1. The van der Waals surface area contributed by atoms with Gasteiger partial charge in [-0.1, -0.05) is 45.0 Å². The summed E-state index contributed by atoms with van der Waals surface area (Å²) in [5.74, 6) is -2.79. The van der Waals surface area contributed by atoms with Gasteiger partial charge < -0.3 is 5.32 Å². The van der Waals surface area contributed by atoms with Crippen molar-refractivity contribution in [3.05, 3.63) is 35.4 Å². The van der Waals surface area contributed by atoms with Crippen LogP contribution in [-0.2, 0) is 12.5 Å². The van der Waals surface area contributed by atoms with Crippen molar-refractivity contribution in [2.45, 2.75) is 65.5 Å². The molecule has 1 aromatic rings. The van der Waals surface area contributed by atoms with E-state index < -0.39 is 5.92 Å². The van der Waals surface area contributed by atoms with Crippen LogP contribution < -0.4 is 5.32 Å². The molecule has 1 aliphatic rings. The second-order valence-electron chi connectivity index (χ2n) is 8.31. The third kappa shape index (κ3) is 5.82. The highest BCUT2D eigenvalue weighted by Gasteiger charge is 2.29. The summed E-state index contributed by atoms with van der Waals surface area (Å²) < 4.78 is 27.9. The number of rotatable bonds is 6. The molecule has 0 amide bonds. The van der Waals surface area contributed by atoms with Crippen LogP contribution in [-0.4, -0.2) is 30.6 Å². The van der Waals surface area contributed by atoms with E-state index in [4.69, 9.17) is 0 Å². The lowest BCUT2D eigenvalue weighted by molar-refractivity contribution is 0.0152. The first-order valence-electron chi connectivity index (χ1n) is 9.08. The number of piperidine rings is 1. The molecule has 1 heterocycles. The number of alkyl halides is 2. The average Bonchev–Trinajstić information content (AvgIpc) is 2.51. The summed E-state index contributed by atoms with van der Waals surface area (Å²) in [7, 11) is 0. The van der Waals surface area contributed by atoms with E-state index in [9.17, 15) is 8.78 Å². The first-order chi connectivity index (χ1) is 11.2. The zero-order valence-electron chi connectivity index (χ0n) is 15.5. The van der Waals surface area contributed by atoms with Crippen molar-refractivity contribution in [1.82, 2.24) is 10.2 Å². The second kappa shape index (κ2) is 7.92. The summed E-state index contributed by atoms with van der Waals surface area (Å²) in [6.45, 7) is 11.3. The van der Waals surface area contributed by atoms with E-state index in [1.165, 1.54) is 0 Å². The van der Waals surface area contributed by atoms with E-state index >= 15 is 0 Å².